The molecule has 0 aliphatic carbocycles. The maximum atomic E-state index is 11.5. The van der Waals surface area contributed by atoms with Crippen LogP contribution in [-0.4, -0.2) is 55.0 Å². The minimum atomic E-state index is -3.76. The Hall–Kier alpha value is -3.12. The van der Waals surface area contributed by atoms with Crippen molar-refractivity contribution in [3.8, 4) is 10.6 Å². The van der Waals surface area contributed by atoms with Crippen LogP contribution in [0.4, 0.5) is 11.6 Å². The summed E-state index contributed by atoms with van der Waals surface area (Å²) < 4.78 is 22.7. The molecule has 1 aromatic carbocycles. The van der Waals surface area contributed by atoms with Gasteiger partial charge in [-0.15, -0.1) is 11.3 Å². The lowest BCUT2D eigenvalue weighted by molar-refractivity contribution is -0.132. The van der Waals surface area contributed by atoms with E-state index in [2.05, 4.69) is 15.3 Å². The van der Waals surface area contributed by atoms with Gasteiger partial charge in [-0.1, -0.05) is 0 Å². The average molecular weight is 474 g/mol. The Kier molecular flexibility index (Phi) is 7.36. The quantitative estimate of drug-likeness (QED) is 0.403. The van der Waals surface area contributed by atoms with Crippen LogP contribution in [0, 0.1) is 0 Å². The molecule has 0 atom stereocenters. The highest BCUT2D eigenvalue weighted by Crippen LogP contribution is 2.29. The molecular formula is C21H23N5O4S2. The molecule has 0 fully saturated rings. The summed E-state index contributed by atoms with van der Waals surface area (Å²) >= 11 is 1.43. The van der Waals surface area contributed by atoms with Crippen molar-refractivity contribution >= 4 is 45.0 Å². The Morgan fingerprint density at radius 2 is 1.91 bits per heavy atom. The lowest BCUT2D eigenvalue weighted by Gasteiger charge is -2.09. The predicted octanol–water partition coefficient (Wildman–Crippen LogP) is 3.02. The molecule has 9 nitrogen and oxygen atoms in total. The Morgan fingerprint density at radius 1 is 1.19 bits per heavy atom. The zero-order valence-electron chi connectivity index (χ0n) is 17.5. The van der Waals surface area contributed by atoms with E-state index in [9.17, 15) is 18.3 Å². The van der Waals surface area contributed by atoms with Crippen LogP contribution in [0.5, 0.6) is 0 Å². The van der Waals surface area contributed by atoms with Crippen LogP contribution in [0.3, 0.4) is 0 Å². The summed E-state index contributed by atoms with van der Waals surface area (Å²) in [7, 11) is 0.0448. The van der Waals surface area contributed by atoms with Gasteiger partial charge in [0, 0.05) is 28.9 Å². The molecule has 4 N–H and O–H groups in total. The lowest BCUT2D eigenvalue weighted by Crippen LogP contribution is -2.15. The van der Waals surface area contributed by atoms with Gasteiger partial charge in [-0.05, 0) is 69.1 Å². The van der Waals surface area contributed by atoms with Crippen molar-refractivity contribution in [2.24, 2.45) is 5.14 Å². The predicted molar refractivity (Wildman–Crippen MR) is 125 cm³/mol. The summed E-state index contributed by atoms with van der Waals surface area (Å²) in [4.78, 5) is 23.9. The largest absolute Gasteiger partial charge is 0.478 e. The van der Waals surface area contributed by atoms with E-state index in [1.54, 1.807) is 30.5 Å². The number of anilines is 2. The van der Waals surface area contributed by atoms with Crippen LogP contribution < -0.4 is 10.5 Å². The van der Waals surface area contributed by atoms with Crippen LogP contribution in [0.2, 0.25) is 0 Å². The molecule has 0 saturated heterocycles. The normalized spacial score (nSPS) is 12.2. The molecule has 168 valence electrons. The summed E-state index contributed by atoms with van der Waals surface area (Å²) in [6, 6.07) is 11.5. The van der Waals surface area contributed by atoms with Gasteiger partial charge in [0.2, 0.25) is 16.0 Å². The first-order valence-electron chi connectivity index (χ1n) is 9.53. The van der Waals surface area contributed by atoms with E-state index in [0.29, 0.717) is 35.9 Å². The van der Waals surface area contributed by atoms with Crippen molar-refractivity contribution in [3.63, 3.8) is 0 Å². The third-order valence-electron chi connectivity index (χ3n) is 4.39. The number of hydrogen-bond donors (Lipinski definition) is 3. The molecule has 3 aromatic rings. The van der Waals surface area contributed by atoms with Crippen molar-refractivity contribution in [2.45, 2.75) is 11.3 Å². The van der Waals surface area contributed by atoms with Gasteiger partial charge in [0.15, 0.2) is 0 Å². The topological polar surface area (TPSA) is 139 Å². The molecule has 3 rings (SSSR count). The van der Waals surface area contributed by atoms with Gasteiger partial charge in [0.1, 0.15) is 0 Å². The Morgan fingerprint density at radius 3 is 2.53 bits per heavy atom. The van der Waals surface area contributed by atoms with Crippen LogP contribution in [-0.2, 0) is 14.8 Å². The average Bonchev–Trinajstić information content (AvgIpc) is 3.19. The number of rotatable bonds is 9. The van der Waals surface area contributed by atoms with Gasteiger partial charge >= 0.3 is 5.97 Å². The summed E-state index contributed by atoms with van der Waals surface area (Å²) in [5.41, 5.74) is 1.63. The summed E-state index contributed by atoms with van der Waals surface area (Å²) in [6.07, 6.45) is 3.74. The van der Waals surface area contributed by atoms with E-state index in [1.165, 1.54) is 23.5 Å². The van der Waals surface area contributed by atoms with Gasteiger partial charge in [-0.3, -0.25) is 0 Å². The Balaban J connectivity index is 1.77. The molecule has 0 bridgehead atoms. The second-order valence-electron chi connectivity index (χ2n) is 7.19. The molecule has 0 radical (unpaired) electrons. The zero-order chi connectivity index (χ0) is 23.3. The molecular weight excluding hydrogens is 450 g/mol. The SMILES string of the molecule is CN(C)CC/C(=C\c1ccc(-c2ccnc(Nc3ccc(S(N)(=O)=O)cc3)n2)s1)C(=O)O. The first-order valence-corrected chi connectivity index (χ1v) is 11.9. The number of carboxylic acids is 1. The number of nitrogens with one attached hydrogen (secondary N) is 1. The maximum Gasteiger partial charge on any atom is 0.331 e. The zero-order valence-corrected chi connectivity index (χ0v) is 19.2. The highest BCUT2D eigenvalue weighted by molar-refractivity contribution is 7.89. The Labute approximate surface area is 190 Å². The van der Waals surface area contributed by atoms with Gasteiger partial charge in [0.05, 0.1) is 15.5 Å². The second kappa shape index (κ2) is 10.0. The molecule has 32 heavy (non-hydrogen) atoms. The lowest BCUT2D eigenvalue weighted by atomic mass is 10.1. The van der Waals surface area contributed by atoms with Gasteiger partial charge in [0.25, 0.3) is 0 Å². The molecule has 2 heterocycles. The molecule has 0 amide bonds. The number of aliphatic carboxylic acids is 1. The molecule has 0 aliphatic rings. The van der Waals surface area contributed by atoms with Crippen LogP contribution in [0.25, 0.3) is 16.6 Å². The van der Waals surface area contributed by atoms with Gasteiger partial charge in [-0.25, -0.2) is 28.3 Å². The van der Waals surface area contributed by atoms with Crippen molar-refractivity contribution in [2.75, 3.05) is 26.0 Å². The molecule has 2 aromatic heterocycles. The summed E-state index contributed by atoms with van der Waals surface area (Å²) in [5.74, 6) is -0.586. The minimum absolute atomic E-state index is 0.0169. The number of sulfonamides is 1. The second-order valence-corrected chi connectivity index (χ2v) is 9.87. The molecule has 0 saturated carbocycles. The fourth-order valence-electron chi connectivity index (χ4n) is 2.74. The number of benzene rings is 1. The minimum Gasteiger partial charge on any atom is -0.478 e. The molecule has 0 unspecified atom stereocenters. The highest BCUT2D eigenvalue weighted by atomic mass is 32.2. The smallest absolute Gasteiger partial charge is 0.331 e. The fourth-order valence-corrected chi connectivity index (χ4v) is 4.20. The van der Waals surface area contributed by atoms with E-state index < -0.39 is 16.0 Å². The standard InChI is InChI=1S/C21H23N5O4S2/c1-26(2)12-10-14(20(27)28)13-16-5-8-19(31-16)18-9-11-23-21(25-18)24-15-3-6-17(7-4-15)32(22,29)30/h3-9,11,13H,10,12H2,1-2H3,(H,27,28)(H2,22,29,30)(H,23,24,25)/b14-13+. The number of hydrogen-bond acceptors (Lipinski definition) is 8. The summed E-state index contributed by atoms with van der Waals surface area (Å²) in [6.45, 7) is 0.648. The van der Waals surface area contributed by atoms with E-state index in [4.69, 9.17) is 5.14 Å². The molecule has 11 heteroatoms. The number of nitrogens with two attached hydrogens (primary N) is 1. The molecule has 0 spiro atoms. The number of carboxylic acid groups (broad SMARTS) is 1. The number of aromatic nitrogens is 2. The van der Waals surface area contributed by atoms with E-state index >= 15 is 0 Å². The number of thiophene rings is 1. The highest BCUT2D eigenvalue weighted by Gasteiger charge is 2.11. The number of nitrogens with zero attached hydrogens (tertiary/aromatic N) is 3. The first kappa shape index (κ1) is 23.5. The number of primary sulfonamides is 1. The third-order valence-corrected chi connectivity index (χ3v) is 6.38. The first-order chi connectivity index (χ1) is 15.1. The van der Waals surface area contributed by atoms with Gasteiger partial charge in [-0.2, -0.15) is 0 Å². The van der Waals surface area contributed by atoms with E-state index in [1.807, 2.05) is 31.1 Å². The summed E-state index contributed by atoms with van der Waals surface area (Å²) in [5, 5.41) is 17.6. The molecule has 0 aliphatic heterocycles. The maximum absolute atomic E-state index is 11.5. The van der Waals surface area contributed by atoms with Crippen LogP contribution >= 0.6 is 11.3 Å². The monoisotopic (exact) mass is 473 g/mol. The van der Waals surface area contributed by atoms with Crippen LogP contribution in [0.15, 0.2) is 59.1 Å². The van der Waals surface area contributed by atoms with Crippen molar-refractivity contribution in [1.82, 2.24) is 14.9 Å². The van der Waals surface area contributed by atoms with E-state index in [0.717, 1.165) is 9.75 Å². The Bertz CT molecular complexity index is 1240. The van der Waals surface area contributed by atoms with Crippen molar-refractivity contribution in [3.05, 3.63) is 59.1 Å². The van der Waals surface area contributed by atoms with E-state index in [-0.39, 0.29) is 4.90 Å². The van der Waals surface area contributed by atoms with Crippen molar-refractivity contribution in [1.29, 1.82) is 0 Å². The van der Waals surface area contributed by atoms with Crippen LogP contribution in [0.1, 0.15) is 11.3 Å². The van der Waals surface area contributed by atoms with Crippen molar-refractivity contribution < 1.29 is 18.3 Å². The number of carbonyl (C=O) groups is 1. The fraction of sp³-hybridized carbons (Fsp3) is 0.190. The van der Waals surface area contributed by atoms with Gasteiger partial charge < -0.3 is 15.3 Å². The third kappa shape index (κ3) is 6.44.